The predicted octanol–water partition coefficient (Wildman–Crippen LogP) is 2.28. The van der Waals surface area contributed by atoms with Gasteiger partial charge in [0.05, 0.1) is 5.60 Å². The van der Waals surface area contributed by atoms with E-state index in [9.17, 15) is 5.11 Å². The van der Waals surface area contributed by atoms with Gasteiger partial charge in [-0.1, -0.05) is 22.0 Å². The van der Waals surface area contributed by atoms with Crippen molar-refractivity contribution in [1.82, 2.24) is 4.90 Å². The number of likely N-dealkylation sites (tertiary alicyclic amines) is 1. The number of hydrogen-bond acceptors (Lipinski definition) is 3. The highest BCUT2D eigenvalue weighted by molar-refractivity contribution is 9.10. The van der Waals surface area contributed by atoms with Crippen LogP contribution in [0.15, 0.2) is 28.7 Å². The van der Waals surface area contributed by atoms with E-state index in [1.165, 1.54) is 0 Å². The molecule has 1 aliphatic rings. The number of β-amino-alcohol motifs (C(OH)–C–C–N with tert-alkyl or cyclic N) is 1. The molecule has 1 heterocycles. The van der Waals surface area contributed by atoms with Crippen LogP contribution in [0.3, 0.4) is 0 Å². The lowest BCUT2D eigenvalue weighted by molar-refractivity contribution is 0.0670. The third-order valence-corrected chi connectivity index (χ3v) is 3.50. The molecule has 1 aromatic carbocycles. The molecule has 3 nitrogen and oxygen atoms in total. The molecule has 2 rings (SSSR count). The maximum Gasteiger partial charge on any atom is 0.120 e. The first-order valence-corrected chi connectivity index (χ1v) is 6.68. The smallest absolute Gasteiger partial charge is 0.120 e. The van der Waals surface area contributed by atoms with Crippen molar-refractivity contribution < 1.29 is 9.84 Å². The van der Waals surface area contributed by atoms with Crippen molar-refractivity contribution in [2.75, 3.05) is 26.2 Å². The van der Waals surface area contributed by atoms with Crippen LogP contribution in [-0.2, 0) is 0 Å². The zero-order valence-corrected chi connectivity index (χ0v) is 11.6. The summed E-state index contributed by atoms with van der Waals surface area (Å²) in [7, 11) is 0. The van der Waals surface area contributed by atoms with E-state index >= 15 is 0 Å². The molecule has 1 aliphatic heterocycles. The molecule has 1 saturated heterocycles. The Kier molecular flexibility index (Phi) is 4.07. The lowest BCUT2D eigenvalue weighted by Crippen LogP contribution is -2.32. The Labute approximate surface area is 111 Å². The van der Waals surface area contributed by atoms with Crippen LogP contribution < -0.4 is 4.74 Å². The molecule has 0 radical (unpaired) electrons. The predicted molar refractivity (Wildman–Crippen MR) is 71.3 cm³/mol. The molecule has 1 unspecified atom stereocenters. The number of halogens is 1. The Morgan fingerprint density at radius 3 is 3.00 bits per heavy atom. The maximum atomic E-state index is 9.83. The van der Waals surface area contributed by atoms with E-state index in [2.05, 4.69) is 20.8 Å². The van der Waals surface area contributed by atoms with Crippen LogP contribution in [0, 0.1) is 0 Å². The summed E-state index contributed by atoms with van der Waals surface area (Å²) in [6.45, 7) is 5.11. The third-order valence-electron chi connectivity index (χ3n) is 3.00. The van der Waals surface area contributed by atoms with Gasteiger partial charge in [0.1, 0.15) is 12.4 Å². The van der Waals surface area contributed by atoms with Gasteiger partial charge >= 0.3 is 0 Å². The summed E-state index contributed by atoms with van der Waals surface area (Å²) >= 11 is 3.41. The van der Waals surface area contributed by atoms with Crippen molar-refractivity contribution in [1.29, 1.82) is 0 Å². The SMILES string of the molecule is CC1(O)CCN(CCOc2cccc(Br)c2)C1. The molecular weight excluding hydrogens is 282 g/mol. The van der Waals surface area contributed by atoms with Gasteiger partial charge in [-0.15, -0.1) is 0 Å². The van der Waals surface area contributed by atoms with E-state index in [1.54, 1.807) is 0 Å². The summed E-state index contributed by atoms with van der Waals surface area (Å²) in [4.78, 5) is 2.23. The Morgan fingerprint density at radius 1 is 1.53 bits per heavy atom. The summed E-state index contributed by atoms with van der Waals surface area (Å²) in [5.41, 5.74) is -0.518. The van der Waals surface area contributed by atoms with Gasteiger partial charge in [-0.2, -0.15) is 0 Å². The normalized spacial score (nSPS) is 25.1. The number of benzene rings is 1. The minimum absolute atomic E-state index is 0.518. The first-order valence-electron chi connectivity index (χ1n) is 5.88. The van der Waals surface area contributed by atoms with Crippen LogP contribution in [0.25, 0.3) is 0 Å². The fourth-order valence-corrected chi connectivity index (χ4v) is 2.46. The minimum Gasteiger partial charge on any atom is -0.492 e. The summed E-state index contributed by atoms with van der Waals surface area (Å²) in [5.74, 6) is 0.880. The Balaban J connectivity index is 1.73. The first kappa shape index (κ1) is 12.9. The van der Waals surface area contributed by atoms with E-state index in [-0.39, 0.29) is 0 Å². The van der Waals surface area contributed by atoms with E-state index in [4.69, 9.17) is 4.74 Å². The average Bonchev–Trinajstić information content (AvgIpc) is 2.58. The molecule has 0 aromatic heterocycles. The second-order valence-electron chi connectivity index (χ2n) is 4.83. The lowest BCUT2D eigenvalue weighted by Gasteiger charge is -2.18. The van der Waals surface area contributed by atoms with Gasteiger partial charge in [0, 0.05) is 24.1 Å². The standard InChI is InChI=1S/C13H18BrNO2/c1-13(16)5-6-15(10-13)7-8-17-12-4-2-3-11(14)9-12/h2-4,9,16H,5-8,10H2,1H3. The number of nitrogens with zero attached hydrogens (tertiary/aromatic N) is 1. The molecule has 0 spiro atoms. The van der Waals surface area contributed by atoms with Crippen LogP contribution in [0.5, 0.6) is 5.75 Å². The summed E-state index contributed by atoms with van der Waals surface area (Å²) in [5, 5.41) is 9.83. The first-order chi connectivity index (χ1) is 8.05. The van der Waals surface area contributed by atoms with Crippen molar-refractivity contribution in [2.45, 2.75) is 18.9 Å². The highest BCUT2D eigenvalue weighted by Gasteiger charge is 2.30. The molecular formula is C13H18BrNO2. The Morgan fingerprint density at radius 2 is 2.35 bits per heavy atom. The molecule has 1 aromatic rings. The van der Waals surface area contributed by atoms with Gasteiger partial charge < -0.3 is 9.84 Å². The van der Waals surface area contributed by atoms with E-state index in [0.29, 0.717) is 6.61 Å². The number of aliphatic hydroxyl groups is 1. The lowest BCUT2D eigenvalue weighted by atomic mass is 10.1. The van der Waals surface area contributed by atoms with Gasteiger partial charge in [-0.05, 0) is 31.5 Å². The molecule has 0 saturated carbocycles. The zero-order valence-electron chi connectivity index (χ0n) is 10.0. The van der Waals surface area contributed by atoms with Gasteiger partial charge in [-0.3, -0.25) is 4.90 Å². The van der Waals surface area contributed by atoms with Crippen LogP contribution in [-0.4, -0.2) is 41.8 Å². The van der Waals surface area contributed by atoms with E-state index in [0.717, 1.165) is 36.3 Å². The largest absolute Gasteiger partial charge is 0.492 e. The topological polar surface area (TPSA) is 32.7 Å². The molecule has 0 amide bonds. The Hall–Kier alpha value is -0.580. The second kappa shape index (κ2) is 5.38. The van der Waals surface area contributed by atoms with Crippen LogP contribution >= 0.6 is 15.9 Å². The van der Waals surface area contributed by atoms with Gasteiger partial charge in [-0.25, -0.2) is 0 Å². The molecule has 0 aliphatic carbocycles. The fraction of sp³-hybridized carbons (Fsp3) is 0.538. The molecule has 1 N–H and O–H groups in total. The second-order valence-corrected chi connectivity index (χ2v) is 5.74. The molecule has 4 heteroatoms. The maximum absolute atomic E-state index is 9.83. The van der Waals surface area contributed by atoms with Crippen molar-refractivity contribution in [3.05, 3.63) is 28.7 Å². The number of ether oxygens (including phenoxy) is 1. The minimum atomic E-state index is -0.518. The highest BCUT2D eigenvalue weighted by Crippen LogP contribution is 2.20. The van der Waals surface area contributed by atoms with Crippen molar-refractivity contribution in [3.8, 4) is 5.75 Å². The van der Waals surface area contributed by atoms with Gasteiger partial charge in [0.2, 0.25) is 0 Å². The van der Waals surface area contributed by atoms with Gasteiger partial charge in [0.25, 0.3) is 0 Å². The van der Waals surface area contributed by atoms with Crippen molar-refractivity contribution in [2.24, 2.45) is 0 Å². The van der Waals surface area contributed by atoms with Crippen LogP contribution in [0.4, 0.5) is 0 Å². The summed E-state index contributed by atoms with van der Waals surface area (Å²) in [6.07, 6.45) is 0.851. The average molecular weight is 300 g/mol. The monoisotopic (exact) mass is 299 g/mol. The zero-order chi connectivity index (χ0) is 12.3. The molecule has 0 bridgehead atoms. The van der Waals surface area contributed by atoms with Crippen molar-refractivity contribution >= 4 is 15.9 Å². The molecule has 1 atom stereocenters. The van der Waals surface area contributed by atoms with E-state index < -0.39 is 5.60 Å². The van der Waals surface area contributed by atoms with Crippen molar-refractivity contribution in [3.63, 3.8) is 0 Å². The van der Waals surface area contributed by atoms with Gasteiger partial charge in [0.15, 0.2) is 0 Å². The van der Waals surface area contributed by atoms with E-state index in [1.807, 2.05) is 31.2 Å². The Bertz CT molecular complexity index is 381. The van der Waals surface area contributed by atoms with Crippen LogP contribution in [0.2, 0.25) is 0 Å². The third kappa shape index (κ3) is 3.98. The highest BCUT2D eigenvalue weighted by atomic mass is 79.9. The summed E-state index contributed by atoms with van der Waals surface area (Å²) in [6, 6.07) is 7.84. The number of hydrogen-bond donors (Lipinski definition) is 1. The molecule has 1 fully saturated rings. The molecule has 17 heavy (non-hydrogen) atoms. The quantitative estimate of drug-likeness (QED) is 0.926. The molecule has 94 valence electrons. The summed E-state index contributed by atoms with van der Waals surface area (Å²) < 4.78 is 6.69. The van der Waals surface area contributed by atoms with Crippen LogP contribution in [0.1, 0.15) is 13.3 Å². The number of rotatable bonds is 4. The fourth-order valence-electron chi connectivity index (χ4n) is 2.08.